The summed E-state index contributed by atoms with van der Waals surface area (Å²) in [7, 11) is 0. The van der Waals surface area contributed by atoms with Crippen molar-refractivity contribution in [1.29, 1.82) is 0 Å². The molecule has 1 unspecified atom stereocenters. The molecule has 0 spiro atoms. The van der Waals surface area contributed by atoms with Crippen LogP contribution in [0, 0.1) is 13.8 Å². The highest BCUT2D eigenvalue weighted by Gasteiger charge is 2.33. The number of aryl methyl sites for hydroxylation is 2. The van der Waals surface area contributed by atoms with Crippen LogP contribution in [0.2, 0.25) is 0 Å². The lowest BCUT2D eigenvalue weighted by Crippen LogP contribution is -2.09. The number of rotatable bonds is 2. The van der Waals surface area contributed by atoms with Crippen LogP contribution in [0.5, 0.6) is 0 Å². The first-order chi connectivity index (χ1) is 9.70. The summed E-state index contributed by atoms with van der Waals surface area (Å²) < 4.78 is 38.7. The molecule has 0 aliphatic rings. The summed E-state index contributed by atoms with van der Waals surface area (Å²) in [5, 5.41) is 10.3. The quantitative estimate of drug-likeness (QED) is 0.785. The minimum absolute atomic E-state index is 0.0361. The van der Waals surface area contributed by atoms with Gasteiger partial charge in [0, 0.05) is 4.47 Å². The lowest BCUT2D eigenvalue weighted by atomic mass is 9.97. The summed E-state index contributed by atoms with van der Waals surface area (Å²) in [6.07, 6.45) is -5.55. The third kappa shape index (κ3) is 3.47. The fourth-order valence-electron chi connectivity index (χ4n) is 2.06. The van der Waals surface area contributed by atoms with Gasteiger partial charge in [-0.25, -0.2) is 0 Å². The van der Waals surface area contributed by atoms with E-state index in [1.54, 1.807) is 12.1 Å². The van der Waals surface area contributed by atoms with E-state index in [0.717, 1.165) is 17.2 Å². The molecule has 21 heavy (non-hydrogen) atoms. The largest absolute Gasteiger partial charge is 0.417 e. The van der Waals surface area contributed by atoms with Gasteiger partial charge < -0.3 is 5.11 Å². The molecule has 0 heterocycles. The van der Waals surface area contributed by atoms with Crippen LogP contribution in [-0.4, -0.2) is 5.11 Å². The van der Waals surface area contributed by atoms with E-state index in [1.807, 2.05) is 19.9 Å². The van der Waals surface area contributed by atoms with Crippen LogP contribution < -0.4 is 0 Å². The number of halogens is 4. The average Bonchev–Trinajstić information content (AvgIpc) is 2.40. The molecule has 0 aliphatic heterocycles. The van der Waals surface area contributed by atoms with Crippen molar-refractivity contribution in [1.82, 2.24) is 0 Å². The van der Waals surface area contributed by atoms with Gasteiger partial charge in [0.1, 0.15) is 6.10 Å². The van der Waals surface area contributed by atoms with Gasteiger partial charge in [0.05, 0.1) is 5.56 Å². The molecule has 5 heteroatoms. The molecule has 1 atom stereocenters. The Morgan fingerprint density at radius 2 is 1.52 bits per heavy atom. The van der Waals surface area contributed by atoms with Crippen molar-refractivity contribution in [3.05, 3.63) is 68.7 Å². The van der Waals surface area contributed by atoms with E-state index in [-0.39, 0.29) is 10.0 Å². The Morgan fingerprint density at radius 1 is 0.952 bits per heavy atom. The minimum atomic E-state index is -4.46. The van der Waals surface area contributed by atoms with Crippen LogP contribution in [0.3, 0.4) is 0 Å². The molecule has 0 saturated carbocycles. The number of benzene rings is 2. The Bertz CT molecular complexity index is 665. The Morgan fingerprint density at radius 3 is 2.10 bits per heavy atom. The van der Waals surface area contributed by atoms with Gasteiger partial charge in [0.2, 0.25) is 0 Å². The molecule has 2 aromatic carbocycles. The van der Waals surface area contributed by atoms with E-state index < -0.39 is 17.8 Å². The van der Waals surface area contributed by atoms with Crippen molar-refractivity contribution < 1.29 is 18.3 Å². The highest BCUT2D eigenvalue weighted by Crippen LogP contribution is 2.37. The summed E-state index contributed by atoms with van der Waals surface area (Å²) >= 11 is 2.89. The molecule has 0 fully saturated rings. The first-order valence-corrected chi connectivity index (χ1v) is 7.11. The monoisotopic (exact) mass is 358 g/mol. The minimum Gasteiger partial charge on any atom is -0.384 e. The maximum Gasteiger partial charge on any atom is 0.417 e. The second-order valence-corrected chi connectivity index (χ2v) is 5.84. The first kappa shape index (κ1) is 16.0. The van der Waals surface area contributed by atoms with Gasteiger partial charge in [0.15, 0.2) is 0 Å². The lowest BCUT2D eigenvalue weighted by molar-refractivity contribution is -0.138. The molecule has 0 radical (unpaired) electrons. The average molecular weight is 359 g/mol. The van der Waals surface area contributed by atoms with Crippen molar-refractivity contribution in [2.24, 2.45) is 0 Å². The van der Waals surface area contributed by atoms with Crippen LogP contribution in [-0.2, 0) is 6.18 Å². The highest BCUT2D eigenvalue weighted by atomic mass is 79.9. The Labute approximate surface area is 129 Å². The number of hydrogen-bond acceptors (Lipinski definition) is 1. The van der Waals surface area contributed by atoms with E-state index in [9.17, 15) is 18.3 Å². The standard InChI is InChI=1S/C16H14BrF3O/c1-9-3-4-11(7-10(9)2)15(21)12-5-6-14(17)13(8-12)16(18,19)20/h3-8,15,21H,1-2H3. The SMILES string of the molecule is Cc1ccc(C(O)c2ccc(Br)c(C(F)(F)F)c2)cc1C. The molecule has 1 nitrogen and oxygen atoms in total. The van der Waals surface area contributed by atoms with E-state index in [1.165, 1.54) is 12.1 Å². The summed E-state index contributed by atoms with van der Waals surface area (Å²) in [5.41, 5.74) is 2.06. The van der Waals surface area contributed by atoms with E-state index in [2.05, 4.69) is 15.9 Å². The first-order valence-electron chi connectivity index (χ1n) is 6.32. The van der Waals surface area contributed by atoms with Crippen LogP contribution in [0.25, 0.3) is 0 Å². The van der Waals surface area contributed by atoms with Crippen LogP contribution in [0.15, 0.2) is 40.9 Å². The predicted octanol–water partition coefficient (Wildman–Crippen LogP) is 5.17. The Hall–Kier alpha value is -1.33. The molecule has 0 aromatic heterocycles. The molecular formula is C16H14BrF3O. The van der Waals surface area contributed by atoms with E-state index in [4.69, 9.17) is 0 Å². The predicted molar refractivity (Wildman–Crippen MR) is 79.1 cm³/mol. The fraction of sp³-hybridized carbons (Fsp3) is 0.250. The summed E-state index contributed by atoms with van der Waals surface area (Å²) in [6, 6.07) is 9.13. The number of aliphatic hydroxyl groups is 1. The highest BCUT2D eigenvalue weighted by molar-refractivity contribution is 9.10. The Balaban J connectivity index is 2.44. The van der Waals surface area contributed by atoms with Crippen molar-refractivity contribution in [2.45, 2.75) is 26.1 Å². The van der Waals surface area contributed by atoms with E-state index in [0.29, 0.717) is 5.56 Å². The number of hydrogen-bond donors (Lipinski definition) is 1. The van der Waals surface area contributed by atoms with Gasteiger partial charge in [0.25, 0.3) is 0 Å². The van der Waals surface area contributed by atoms with Gasteiger partial charge >= 0.3 is 6.18 Å². The second-order valence-electron chi connectivity index (χ2n) is 4.98. The van der Waals surface area contributed by atoms with Crippen LogP contribution in [0.4, 0.5) is 13.2 Å². The number of alkyl halides is 3. The fourth-order valence-corrected chi connectivity index (χ4v) is 2.53. The summed E-state index contributed by atoms with van der Waals surface area (Å²) in [6.45, 7) is 3.83. The van der Waals surface area contributed by atoms with Crippen molar-refractivity contribution >= 4 is 15.9 Å². The van der Waals surface area contributed by atoms with Gasteiger partial charge in [-0.3, -0.25) is 0 Å². The molecule has 112 valence electrons. The lowest BCUT2D eigenvalue weighted by Gasteiger charge is -2.16. The van der Waals surface area contributed by atoms with Gasteiger partial charge in [-0.15, -0.1) is 0 Å². The zero-order valence-electron chi connectivity index (χ0n) is 11.5. The van der Waals surface area contributed by atoms with Crippen molar-refractivity contribution in [3.8, 4) is 0 Å². The molecule has 1 N–H and O–H groups in total. The Kier molecular flexibility index (Phi) is 4.44. The normalized spacial score (nSPS) is 13.3. The molecule has 0 bridgehead atoms. The molecule has 2 rings (SSSR count). The van der Waals surface area contributed by atoms with Gasteiger partial charge in [-0.1, -0.05) is 40.2 Å². The van der Waals surface area contributed by atoms with Gasteiger partial charge in [-0.2, -0.15) is 13.2 Å². The zero-order valence-corrected chi connectivity index (χ0v) is 13.1. The number of aliphatic hydroxyl groups excluding tert-OH is 1. The third-order valence-corrected chi connectivity index (χ3v) is 4.15. The molecular weight excluding hydrogens is 345 g/mol. The smallest absolute Gasteiger partial charge is 0.384 e. The molecule has 2 aromatic rings. The van der Waals surface area contributed by atoms with Crippen molar-refractivity contribution in [3.63, 3.8) is 0 Å². The molecule has 0 saturated heterocycles. The van der Waals surface area contributed by atoms with Crippen molar-refractivity contribution in [2.75, 3.05) is 0 Å². The second kappa shape index (κ2) is 5.81. The van der Waals surface area contributed by atoms with E-state index >= 15 is 0 Å². The zero-order chi connectivity index (χ0) is 15.8. The van der Waals surface area contributed by atoms with Gasteiger partial charge in [-0.05, 0) is 48.2 Å². The maximum atomic E-state index is 12.9. The molecule has 0 aliphatic carbocycles. The summed E-state index contributed by atoms with van der Waals surface area (Å²) in [4.78, 5) is 0. The summed E-state index contributed by atoms with van der Waals surface area (Å²) in [5.74, 6) is 0. The van der Waals surface area contributed by atoms with Crippen LogP contribution in [0.1, 0.15) is 33.9 Å². The maximum absolute atomic E-state index is 12.9. The topological polar surface area (TPSA) is 20.2 Å². The van der Waals surface area contributed by atoms with Crippen LogP contribution >= 0.6 is 15.9 Å². The third-order valence-electron chi connectivity index (χ3n) is 3.46. The molecule has 0 amide bonds.